The second kappa shape index (κ2) is 5.37. The minimum Gasteiger partial charge on any atom is -0.331 e. The van der Waals surface area contributed by atoms with E-state index < -0.39 is 0 Å². The summed E-state index contributed by atoms with van der Waals surface area (Å²) < 4.78 is 2.97. The zero-order chi connectivity index (χ0) is 12.4. The standard InChI is InChI=1S/C11H14N2OS3/c1-3-16-6-7(2)13-10(14)9-8(4-5-17-9)12-11(13)15/h4-5,7H,3,6H2,1-2H3,(H,12,15). The van der Waals surface area contributed by atoms with Crippen LogP contribution >= 0.6 is 35.3 Å². The number of rotatable bonds is 4. The smallest absolute Gasteiger partial charge is 0.272 e. The van der Waals surface area contributed by atoms with Crippen molar-refractivity contribution in [3.63, 3.8) is 0 Å². The Hall–Kier alpha value is -0.590. The van der Waals surface area contributed by atoms with Gasteiger partial charge in [0.15, 0.2) is 4.77 Å². The fraction of sp³-hybridized carbons (Fsp3) is 0.455. The minimum atomic E-state index is 0.0305. The number of thioether (sulfide) groups is 1. The predicted octanol–water partition coefficient (Wildman–Crippen LogP) is 3.43. The highest BCUT2D eigenvalue weighted by molar-refractivity contribution is 7.99. The van der Waals surface area contributed by atoms with E-state index in [0.717, 1.165) is 21.7 Å². The fourth-order valence-electron chi connectivity index (χ4n) is 1.71. The fourth-order valence-corrected chi connectivity index (χ4v) is 3.60. The van der Waals surface area contributed by atoms with Crippen LogP contribution in [0.5, 0.6) is 0 Å². The van der Waals surface area contributed by atoms with E-state index in [2.05, 4.69) is 11.9 Å². The molecule has 0 aliphatic heterocycles. The zero-order valence-electron chi connectivity index (χ0n) is 9.73. The molecule has 1 atom stereocenters. The van der Waals surface area contributed by atoms with Crippen molar-refractivity contribution < 1.29 is 0 Å². The van der Waals surface area contributed by atoms with Crippen LogP contribution in [0.4, 0.5) is 0 Å². The molecular weight excluding hydrogens is 272 g/mol. The first-order valence-electron chi connectivity index (χ1n) is 5.45. The van der Waals surface area contributed by atoms with Gasteiger partial charge in [-0.25, -0.2) is 0 Å². The first-order chi connectivity index (χ1) is 8.15. The van der Waals surface area contributed by atoms with E-state index in [9.17, 15) is 4.79 Å². The summed E-state index contributed by atoms with van der Waals surface area (Å²) in [4.78, 5) is 15.4. The van der Waals surface area contributed by atoms with Gasteiger partial charge in [0.05, 0.1) is 5.52 Å². The molecule has 3 nitrogen and oxygen atoms in total. The molecule has 0 bridgehead atoms. The van der Waals surface area contributed by atoms with Gasteiger partial charge in [0.25, 0.3) is 5.56 Å². The molecule has 6 heteroatoms. The van der Waals surface area contributed by atoms with E-state index in [-0.39, 0.29) is 11.6 Å². The van der Waals surface area contributed by atoms with Gasteiger partial charge in [-0.05, 0) is 36.3 Å². The summed E-state index contributed by atoms with van der Waals surface area (Å²) in [7, 11) is 0. The van der Waals surface area contributed by atoms with Gasteiger partial charge in [-0.1, -0.05) is 6.92 Å². The van der Waals surface area contributed by atoms with Crippen molar-refractivity contribution in [3.8, 4) is 0 Å². The Kier molecular flexibility index (Phi) is 4.06. The van der Waals surface area contributed by atoms with Crippen molar-refractivity contribution >= 4 is 45.5 Å². The lowest BCUT2D eigenvalue weighted by molar-refractivity contribution is 0.574. The molecule has 0 saturated carbocycles. The van der Waals surface area contributed by atoms with Gasteiger partial charge < -0.3 is 4.98 Å². The molecule has 0 spiro atoms. The summed E-state index contributed by atoms with van der Waals surface area (Å²) in [5.74, 6) is 1.96. The highest BCUT2D eigenvalue weighted by Gasteiger charge is 2.12. The quantitative estimate of drug-likeness (QED) is 0.875. The van der Waals surface area contributed by atoms with E-state index in [1.807, 2.05) is 30.1 Å². The Morgan fingerprint density at radius 2 is 2.41 bits per heavy atom. The molecule has 0 saturated heterocycles. The molecule has 2 aromatic rings. The van der Waals surface area contributed by atoms with Gasteiger partial charge in [0.2, 0.25) is 0 Å². The van der Waals surface area contributed by atoms with E-state index in [1.165, 1.54) is 11.3 Å². The lowest BCUT2D eigenvalue weighted by Crippen LogP contribution is -2.25. The third kappa shape index (κ3) is 2.48. The Balaban J connectivity index is 2.53. The molecule has 2 rings (SSSR count). The maximum absolute atomic E-state index is 12.3. The largest absolute Gasteiger partial charge is 0.331 e. The number of aromatic amines is 1. The lowest BCUT2D eigenvalue weighted by Gasteiger charge is -2.14. The van der Waals surface area contributed by atoms with E-state index in [1.54, 1.807) is 4.57 Å². The highest BCUT2D eigenvalue weighted by Crippen LogP contribution is 2.17. The molecule has 2 aromatic heterocycles. The number of nitrogens with zero attached hydrogens (tertiary/aromatic N) is 1. The molecule has 0 amide bonds. The van der Waals surface area contributed by atoms with Gasteiger partial charge >= 0.3 is 0 Å². The Labute approximate surface area is 113 Å². The summed E-state index contributed by atoms with van der Waals surface area (Å²) in [5, 5.41) is 1.91. The normalized spacial score (nSPS) is 13.1. The first kappa shape index (κ1) is 12.9. The van der Waals surface area contributed by atoms with Crippen LogP contribution in [-0.4, -0.2) is 21.1 Å². The number of thiophene rings is 1. The monoisotopic (exact) mass is 286 g/mol. The predicted molar refractivity (Wildman–Crippen MR) is 79.0 cm³/mol. The molecule has 0 aliphatic rings. The second-order valence-corrected chi connectivity index (χ2v) is 6.40. The van der Waals surface area contributed by atoms with Gasteiger partial charge in [-0.3, -0.25) is 9.36 Å². The molecular formula is C11H14N2OS3. The maximum Gasteiger partial charge on any atom is 0.272 e. The second-order valence-electron chi connectivity index (χ2n) is 3.78. The molecule has 1 unspecified atom stereocenters. The minimum absolute atomic E-state index is 0.0305. The van der Waals surface area contributed by atoms with Crippen molar-refractivity contribution in [2.45, 2.75) is 19.9 Å². The van der Waals surface area contributed by atoms with Crippen LogP contribution in [0.3, 0.4) is 0 Å². The number of H-pyrrole nitrogens is 1. The van der Waals surface area contributed by atoms with E-state index in [4.69, 9.17) is 12.2 Å². The van der Waals surface area contributed by atoms with Crippen LogP contribution in [0, 0.1) is 4.77 Å². The van der Waals surface area contributed by atoms with Crippen molar-refractivity contribution in [3.05, 3.63) is 26.6 Å². The molecule has 0 radical (unpaired) electrons. The van der Waals surface area contributed by atoms with Gasteiger partial charge in [0, 0.05) is 11.8 Å². The van der Waals surface area contributed by atoms with Crippen molar-refractivity contribution in [1.82, 2.24) is 9.55 Å². The number of hydrogen-bond donors (Lipinski definition) is 1. The average Bonchev–Trinajstić information content (AvgIpc) is 2.74. The van der Waals surface area contributed by atoms with E-state index in [0.29, 0.717) is 4.77 Å². The SMILES string of the molecule is CCSCC(C)n1c(=S)[nH]c2ccsc2c1=O. The number of hydrogen-bond acceptors (Lipinski definition) is 4. The molecule has 0 aliphatic carbocycles. The van der Waals surface area contributed by atoms with Crippen LogP contribution < -0.4 is 5.56 Å². The summed E-state index contributed by atoms with van der Waals surface area (Å²) >= 11 is 8.54. The van der Waals surface area contributed by atoms with Crippen molar-refractivity contribution in [2.24, 2.45) is 0 Å². The van der Waals surface area contributed by atoms with Crippen LogP contribution in [0.1, 0.15) is 19.9 Å². The van der Waals surface area contributed by atoms with Crippen molar-refractivity contribution in [1.29, 1.82) is 0 Å². The number of nitrogens with one attached hydrogen (secondary N) is 1. The van der Waals surface area contributed by atoms with Gasteiger partial charge in [-0.15, -0.1) is 11.3 Å². The lowest BCUT2D eigenvalue weighted by atomic mass is 10.3. The van der Waals surface area contributed by atoms with Crippen LogP contribution in [-0.2, 0) is 0 Å². The Bertz CT molecular complexity index is 625. The summed E-state index contributed by atoms with van der Waals surface area (Å²) in [6.45, 7) is 4.15. The zero-order valence-corrected chi connectivity index (χ0v) is 12.2. The Morgan fingerprint density at radius 1 is 1.65 bits per heavy atom. The van der Waals surface area contributed by atoms with Gasteiger partial charge in [-0.2, -0.15) is 11.8 Å². The van der Waals surface area contributed by atoms with E-state index >= 15 is 0 Å². The first-order valence-corrected chi connectivity index (χ1v) is 7.89. The third-order valence-corrected chi connectivity index (χ3v) is 4.87. The van der Waals surface area contributed by atoms with Crippen molar-refractivity contribution in [2.75, 3.05) is 11.5 Å². The van der Waals surface area contributed by atoms with Crippen LogP contribution in [0.2, 0.25) is 0 Å². The van der Waals surface area contributed by atoms with Gasteiger partial charge in [0.1, 0.15) is 4.70 Å². The summed E-state index contributed by atoms with van der Waals surface area (Å²) in [5.41, 5.74) is 0.875. The number of fused-ring (bicyclic) bond motifs is 1. The summed E-state index contributed by atoms with van der Waals surface area (Å²) in [6.07, 6.45) is 0. The number of aromatic nitrogens is 2. The maximum atomic E-state index is 12.3. The van der Waals surface area contributed by atoms with Crippen LogP contribution in [0.25, 0.3) is 10.2 Å². The molecule has 0 aromatic carbocycles. The topological polar surface area (TPSA) is 37.8 Å². The molecule has 0 fully saturated rings. The molecule has 17 heavy (non-hydrogen) atoms. The summed E-state index contributed by atoms with van der Waals surface area (Å²) in [6, 6.07) is 2.02. The Morgan fingerprint density at radius 3 is 3.12 bits per heavy atom. The third-order valence-electron chi connectivity index (χ3n) is 2.54. The van der Waals surface area contributed by atoms with Crippen LogP contribution in [0.15, 0.2) is 16.2 Å². The molecule has 92 valence electrons. The average molecular weight is 286 g/mol. The molecule has 2 heterocycles. The highest BCUT2D eigenvalue weighted by atomic mass is 32.2. The molecule has 1 N–H and O–H groups in total.